The summed E-state index contributed by atoms with van der Waals surface area (Å²) in [5.41, 5.74) is 2.36. The molecule has 0 unspecified atom stereocenters. The van der Waals surface area contributed by atoms with Crippen molar-refractivity contribution in [2.45, 2.75) is 20.5 Å². The van der Waals surface area contributed by atoms with E-state index in [-0.39, 0.29) is 18.0 Å². The lowest BCUT2D eigenvalue weighted by Crippen LogP contribution is -2.54. The average Bonchev–Trinajstić information content (AvgIpc) is 2.83. The molecule has 0 aliphatic carbocycles. The molecular weight excluding hydrogens is 531 g/mol. The topological polar surface area (TPSA) is 84.9 Å². The first-order chi connectivity index (χ1) is 17.3. The van der Waals surface area contributed by atoms with Gasteiger partial charge in [-0.1, -0.05) is 29.8 Å². The maximum absolute atomic E-state index is 13.2. The second-order valence-electron chi connectivity index (χ2n) is 7.97. The number of nitrogens with one attached hydrogen (secondary N) is 1. The van der Waals surface area contributed by atoms with Crippen LogP contribution in [0.3, 0.4) is 0 Å². The zero-order valence-electron chi connectivity index (χ0n) is 19.5. The molecule has 0 radical (unpaired) electrons. The van der Waals surface area contributed by atoms with Crippen LogP contribution in [-0.2, 0) is 16.2 Å². The third kappa shape index (κ3) is 5.46. The lowest BCUT2D eigenvalue weighted by atomic mass is 10.1. The van der Waals surface area contributed by atoms with Gasteiger partial charge in [-0.25, -0.2) is 14.1 Å². The van der Waals surface area contributed by atoms with E-state index in [9.17, 15) is 18.8 Å². The summed E-state index contributed by atoms with van der Waals surface area (Å²) in [7, 11) is 0. The Kier molecular flexibility index (Phi) is 7.49. The molecule has 4 amide bonds. The number of hydrogen-bond donors (Lipinski definition) is 1. The summed E-state index contributed by atoms with van der Waals surface area (Å²) in [6, 6.07) is 15.2. The molecule has 3 aromatic carbocycles. The summed E-state index contributed by atoms with van der Waals surface area (Å²) in [6.07, 6.45) is 1.39. The van der Waals surface area contributed by atoms with Crippen LogP contribution >= 0.6 is 15.9 Å². The Labute approximate surface area is 215 Å². The van der Waals surface area contributed by atoms with E-state index in [1.54, 1.807) is 48.5 Å². The normalized spacial score (nSPS) is 14.7. The average molecular weight is 553 g/mol. The van der Waals surface area contributed by atoms with Crippen molar-refractivity contribution in [1.29, 1.82) is 0 Å². The fraction of sp³-hybridized carbons (Fsp3) is 0.148. The first-order valence-corrected chi connectivity index (χ1v) is 11.9. The van der Waals surface area contributed by atoms with Crippen molar-refractivity contribution in [3.63, 3.8) is 0 Å². The number of ether oxygens (including phenoxy) is 2. The number of carbonyl (C=O) groups excluding carboxylic acids is 3. The van der Waals surface area contributed by atoms with Crippen LogP contribution in [0.5, 0.6) is 11.5 Å². The fourth-order valence-electron chi connectivity index (χ4n) is 3.56. The highest BCUT2D eigenvalue weighted by molar-refractivity contribution is 9.10. The molecule has 36 heavy (non-hydrogen) atoms. The number of benzene rings is 3. The number of carbonyl (C=O) groups is 3. The van der Waals surface area contributed by atoms with Crippen molar-refractivity contribution < 1.29 is 28.2 Å². The van der Waals surface area contributed by atoms with E-state index < -0.39 is 17.8 Å². The summed E-state index contributed by atoms with van der Waals surface area (Å²) in [4.78, 5) is 39.1. The number of rotatable bonds is 7. The Morgan fingerprint density at radius 2 is 1.69 bits per heavy atom. The van der Waals surface area contributed by atoms with Crippen molar-refractivity contribution in [3.8, 4) is 11.5 Å². The molecule has 0 aromatic heterocycles. The van der Waals surface area contributed by atoms with Crippen LogP contribution in [0.1, 0.15) is 23.6 Å². The molecule has 1 heterocycles. The summed E-state index contributed by atoms with van der Waals surface area (Å²) < 4.78 is 25.4. The van der Waals surface area contributed by atoms with Gasteiger partial charge in [-0.05, 0) is 83.4 Å². The minimum absolute atomic E-state index is 0.175. The Morgan fingerprint density at radius 3 is 2.36 bits per heavy atom. The van der Waals surface area contributed by atoms with Crippen molar-refractivity contribution in [3.05, 3.63) is 93.2 Å². The van der Waals surface area contributed by atoms with E-state index in [1.807, 2.05) is 13.8 Å². The van der Waals surface area contributed by atoms with Gasteiger partial charge in [0.05, 0.1) is 16.8 Å². The minimum Gasteiger partial charge on any atom is -0.490 e. The first-order valence-electron chi connectivity index (χ1n) is 11.1. The largest absolute Gasteiger partial charge is 0.490 e. The van der Waals surface area contributed by atoms with Crippen LogP contribution in [0.4, 0.5) is 14.9 Å². The van der Waals surface area contributed by atoms with Gasteiger partial charge in [0, 0.05) is 0 Å². The molecule has 4 rings (SSSR count). The van der Waals surface area contributed by atoms with E-state index in [1.165, 1.54) is 18.2 Å². The van der Waals surface area contributed by atoms with Gasteiger partial charge >= 0.3 is 6.03 Å². The molecule has 1 fully saturated rings. The number of anilines is 1. The van der Waals surface area contributed by atoms with Crippen LogP contribution in [0.2, 0.25) is 0 Å². The van der Waals surface area contributed by atoms with Gasteiger partial charge in [0.1, 0.15) is 18.0 Å². The number of hydrogen-bond acceptors (Lipinski definition) is 5. The molecule has 184 valence electrons. The maximum atomic E-state index is 13.2. The molecule has 1 saturated heterocycles. The van der Waals surface area contributed by atoms with Crippen molar-refractivity contribution in [1.82, 2.24) is 5.32 Å². The lowest BCUT2D eigenvalue weighted by molar-refractivity contribution is -0.122. The van der Waals surface area contributed by atoms with Gasteiger partial charge in [-0.3, -0.25) is 14.9 Å². The summed E-state index contributed by atoms with van der Waals surface area (Å²) >= 11 is 3.47. The Hall–Kier alpha value is -3.98. The Balaban J connectivity index is 1.65. The Morgan fingerprint density at radius 1 is 1.00 bits per heavy atom. The quantitative estimate of drug-likeness (QED) is 0.307. The number of amides is 4. The second kappa shape index (κ2) is 10.7. The van der Waals surface area contributed by atoms with E-state index >= 15 is 0 Å². The van der Waals surface area contributed by atoms with Crippen LogP contribution in [0.15, 0.2) is 70.7 Å². The number of barbiturate groups is 1. The van der Waals surface area contributed by atoms with Crippen molar-refractivity contribution in [2.75, 3.05) is 11.5 Å². The predicted molar refractivity (Wildman–Crippen MR) is 136 cm³/mol. The van der Waals surface area contributed by atoms with Gasteiger partial charge in [0.15, 0.2) is 11.5 Å². The highest BCUT2D eigenvalue weighted by atomic mass is 79.9. The van der Waals surface area contributed by atoms with E-state index in [2.05, 4.69) is 21.2 Å². The van der Waals surface area contributed by atoms with Crippen molar-refractivity contribution in [2.24, 2.45) is 0 Å². The van der Waals surface area contributed by atoms with Crippen LogP contribution < -0.4 is 19.7 Å². The number of halogens is 2. The van der Waals surface area contributed by atoms with Crippen LogP contribution in [-0.4, -0.2) is 24.5 Å². The molecule has 3 aromatic rings. The molecule has 1 aliphatic heterocycles. The van der Waals surface area contributed by atoms with Gasteiger partial charge in [-0.15, -0.1) is 0 Å². The van der Waals surface area contributed by atoms with E-state index in [0.29, 0.717) is 33.8 Å². The standard InChI is InChI=1S/C27H22BrFN2O5/c1-3-35-23-14-18(13-22(28)24(23)36-15-17-6-8-19(29)9-7-17)12-21-25(32)30-27(34)31(26(21)33)20-10-4-16(2)5-11-20/h4-14H,3,15H2,1-2H3,(H,30,32,34)/b21-12+. The molecular formula is C27H22BrFN2O5. The minimum atomic E-state index is -0.813. The molecule has 0 bridgehead atoms. The smallest absolute Gasteiger partial charge is 0.335 e. The predicted octanol–water partition coefficient (Wildman–Crippen LogP) is 5.54. The third-order valence-electron chi connectivity index (χ3n) is 5.33. The van der Waals surface area contributed by atoms with Gasteiger partial charge in [0.2, 0.25) is 0 Å². The SMILES string of the molecule is CCOc1cc(/C=C2\C(=O)NC(=O)N(c3ccc(C)cc3)C2=O)cc(Br)c1OCc1ccc(F)cc1. The zero-order valence-corrected chi connectivity index (χ0v) is 21.1. The number of urea groups is 1. The van der Waals surface area contributed by atoms with Crippen LogP contribution in [0, 0.1) is 12.7 Å². The number of aryl methyl sites for hydroxylation is 1. The summed E-state index contributed by atoms with van der Waals surface area (Å²) in [6.45, 7) is 4.21. The molecule has 0 saturated carbocycles. The van der Waals surface area contributed by atoms with E-state index in [4.69, 9.17) is 9.47 Å². The van der Waals surface area contributed by atoms with Crippen LogP contribution in [0.25, 0.3) is 6.08 Å². The molecule has 1 aliphatic rings. The highest BCUT2D eigenvalue weighted by Crippen LogP contribution is 2.38. The summed E-state index contributed by atoms with van der Waals surface area (Å²) in [5, 5.41) is 2.22. The monoisotopic (exact) mass is 552 g/mol. The van der Waals surface area contributed by atoms with Gasteiger partial charge in [0.25, 0.3) is 11.8 Å². The van der Waals surface area contributed by atoms with E-state index in [0.717, 1.165) is 16.0 Å². The number of imide groups is 2. The Bertz CT molecular complexity index is 1350. The van der Waals surface area contributed by atoms with Gasteiger partial charge < -0.3 is 9.47 Å². The summed E-state index contributed by atoms with van der Waals surface area (Å²) in [5.74, 6) is -1.07. The number of nitrogens with zero attached hydrogens (tertiary/aromatic N) is 1. The zero-order chi connectivity index (χ0) is 25.8. The molecule has 7 nitrogen and oxygen atoms in total. The second-order valence-corrected chi connectivity index (χ2v) is 8.83. The highest BCUT2D eigenvalue weighted by Gasteiger charge is 2.36. The molecule has 0 atom stereocenters. The maximum Gasteiger partial charge on any atom is 0.335 e. The molecule has 1 N–H and O–H groups in total. The van der Waals surface area contributed by atoms with Crippen molar-refractivity contribution >= 4 is 45.5 Å². The molecule has 0 spiro atoms. The fourth-order valence-corrected chi connectivity index (χ4v) is 4.14. The first kappa shape index (κ1) is 25.1. The van der Waals surface area contributed by atoms with Gasteiger partial charge in [-0.2, -0.15) is 0 Å². The molecule has 9 heteroatoms. The third-order valence-corrected chi connectivity index (χ3v) is 5.92. The lowest BCUT2D eigenvalue weighted by Gasteiger charge is -2.26.